The molecule has 16 heavy (non-hydrogen) atoms. The monoisotopic (exact) mass is 261 g/mol. The highest BCUT2D eigenvalue weighted by atomic mass is 35.5. The molecule has 0 aliphatic heterocycles. The quantitative estimate of drug-likeness (QED) is 0.672. The van der Waals surface area contributed by atoms with Gasteiger partial charge in [0.1, 0.15) is 11.6 Å². The molecule has 0 radical (unpaired) electrons. The number of rotatable bonds is 3. The SMILES string of the molecule is CC(C)(C)OC(=O)C(N)C(Cl)c1ccsc1. The molecule has 90 valence electrons. The van der Waals surface area contributed by atoms with E-state index in [1.807, 2.05) is 16.8 Å². The Balaban J connectivity index is 2.64. The van der Waals surface area contributed by atoms with Crippen molar-refractivity contribution < 1.29 is 9.53 Å². The van der Waals surface area contributed by atoms with Crippen molar-refractivity contribution in [3.05, 3.63) is 22.4 Å². The van der Waals surface area contributed by atoms with Crippen LogP contribution in [0.2, 0.25) is 0 Å². The molecule has 2 N–H and O–H groups in total. The third kappa shape index (κ3) is 3.77. The van der Waals surface area contributed by atoms with Crippen LogP contribution in [-0.2, 0) is 9.53 Å². The van der Waals surface area contributed by atoms with Gasteiger partial charge in [-0.05, 0) is 43.2 Å². The molecule has 0 aliphatic rings. The average molecular weight is 262 g/mol. The number of carbonyl (C=O) groups excluding carboxylic acids is 1. The molecule has 0 spiro atoms. The van der Waals surface area contributed by atoms with Crippen LogP contribution in [0.3, 0.4) is 0 Å². The summed E-state index contributed by atoms with van der Waals surface area (Å²) in [5.74, 6) is -0.473. The Morgan fingerprint density at radius 2 is 2.19 bits per heavy atom. The Bertz CT molecular complexity index is 345. The molecule has 2 atom stereocenters. The van der Waals surface area contributed by atoms with E-state index in [2.05, 4.69) is 0 Å². The Hall–Kier alpha value is -0.580. The van der Waals surface area contributed by atoms with Gasteiger partial charge < -0.3 is 10.5 Å². The molecule has 5 heteroatoms. The van der Waals surface area contributed by atoms with Gasteiger partial charge in [-0.2, -0.15) is 11.3 Å². The summed E-state index contributed by atoms with van der Waals surface area (Å²) < 4.78 is 5.17. The van der Waals surface area contributed by atoms with Gasteiger partial charge in [0, 0.05) is 0 Å². The second kappa shape index (κ2) is 5.17. The fourth-order valence-electron chi connectivity index (χ4n) is 1.13. The maximum Gasteiger partial charge on any atom is 0.325 e. The van der Waals surface area contributed by atoms with Crippen molar-refractivity contribution in [2.24, 2.45) is 5.73 Å². The normalized spacial score (nSPS) is 15.6. The lowest BCUT2D eigenvalue weighted by Gasteiger charge is -2.23. The number of carbonyl (C=O) groups is 1. The first-order valence-electron chi connectivity index (χ1n) is 4.96. The predicted molar refractivity (Wildman–Crippen MR) is 66.7 cm³/mol. The van der Waals surface area contributed by atoms with E-state index in [4.69, 9.17) is 22.1 Å². The first kappa shape index (κ1) is 13.5. The summed E-state index contributed by atoms with van der Waals surface area (Å²) in [7, 11) is 0. The first-order chi connectivity index (χ1) is 7.31. The minimum atomic E-state index is -0.838. The molecule has 0 bridgehead atoms. The molecule has 1 aromatic heterocycles. The van der Waals surface area contributed by atoms with Crippen molar-refractivity contribution in [2.45, 2.75) is 37.8 Å². The van der Waals surface area contributed by atoms with Gasteiger partial charge in [-0.1, -0.05) is 0 Å². The van der Waals surface area contributed by atoms with Gasteiger partial charge in [0.05, 0.1) is 5.38 Å². The van der Waals surface area contributed by atoms with Crippen LogP contribution in [0, 0.1) is 0 Å². The van der Waals surface area contributed by atoms with E-state index in [0.29, 0.717) is 0 Å². The van der Waals surface area contributed by atoms with Crippen molar-refractivity contribution >= 4 is 28.9 Å². The summed E-state index contributed by atoms with van der Waals surface area (Å²) in [6.07, 6.45) is 0. The van der Waals surface area contributed by atoms with Crippen LogP contribution in [0.1, 0.15) is 31.7 Å². The highest BCUT2D eigenvalue weighted by Crippen LogP contribution is 2.26. The van der Waals surface area contributed by atoms with Crippen molar-refractivity contribution in [3.8, 4) is 0 Å². The molecule has 0 saturated heterocycles. The molecular formula is C11H16ClNO2S. The number of thiophene rings is 1. The van der Waals surface area contributed by atoms with Crippen LogP contribution in [0.15, 0.2) is 16.8 Å². The molecule has 0 aromatic carbocycles. The van der Waals surface area contributed by atoms with Crippen LogP contribution in [-0.4, -0.2) is 17.6 Å². The lowest BCUT2D eigenvalue weighted by molar-refractivity contribution is -0.156. The summed E-state index contributed by atoms with van der Waals surface area (Å²) >= 11 is 7.62. The van der Waals surface area contributed by atoms with Crippen LogP contribution in [0.25, 0.3) is 0 Å². The van der Waals surface area contributed by atoms with E-state index in [1.54, 1.807) is 20.8 Å². The van der Waals surface area contributed by atoms with Gasteiger partial charge in [0.2, 0.25) is 0 Å². The minimum absolute atomic E-state index is 0.473. The van der Waals surface area contributed by atoms with E-state index in [9.17, 15) is 4.79 Å². The van der Waals surface area contributed by atoms with Gasteiger partial charge in [-0.15, -0.1) is 11.6 Å². The standard InChI is InChI=1S/C11H16ClNO2S/c1-11(2,3)15-10(14)9(13)8(12)7-4-5-16-6-7/h4-6,8-9H,13H2,1-3H3. The third-order valence-electron chi connectivity index (χ3n) is 1.86. The smallest absolute Gasteiger partial charge is 0.325 e. The highest BCUT2D eigenvalue weighted by molar-refractivity contribution is 7.08. The van der Waals surface area contributed by atoms with Crippen molar-refractivity contribution in [2.75, 3.05) is 0 Å². The van der Waals surface area contributed by atoms with Crippen molar-refractivity contribution in [1.82, 2.24) is 0 Å². The average Bonchev–Trinajstić information content (AvgIpc) is 2.65. The van der Waals surface area contributed by atoms with Crippen LogP contribution >= 0.6 is 22.9 Å². The van der Waals surface area contributed by atoms with Gasteiger partial charge >= 0.3 is 5.97 Å². The zero-order chi connectivity index (χ0) is 12.3. The van der Waals surface area contributed by atoms with E-state index >= 15 is 0 Å². The molecule has 2 unspecified atom stereocenters. The fourth-order valence-corrected chi connectivity index (χ4v) is 2.14. The molecule has 1 aromatic rings. The molecule has 0 saturated carbocycles. The number of nitrogens with two attached hydrogens (primary N) is 1. The number of esters is 1. The Kier molecular flexibility index (Phi) is 4.35. The van der Waals surface area contributed by atoms with E-state index < -0.39 is 23.0 Å². The maximum absolute atomic E-state index is 11.7. The summed E-state index contributed by atoms with van der Waals surface area (Å²) in [6.45, 7) is 5.39. The van der Waals surface area contributed by atoms with Gasteiger partial charge in [-0.25, -0.2) is 0 Å². The van der Waals surface area contributed by atoms with Crippen LogP contribution < -0.4 is 5.73 Å². The van der Waals surface area contributed by atoms with E-state index in [0.717, 1.165) is 5.56 Å². The largest absolute Gasteiger partial charge is 0.459 e. The van der Waals surface area contributed by atoms with Gasteiger partial charge in [0.25, 0.3) is 0 Å². The molecule has 0 fully saturated rings. The fraction of sp³-hybridized carbons (Fsp3) is 0.545. The second-order valence-electron chi connectivity index (χ2n) is 4.52. The minimum Gasteiger partial charge on any atom is -0.459 e. The van der Waals surface area contributed by atoms with Crippen molar-refractivity contribution in [1.29, 1.82) is 0 Å². The van der Waals surface area contributed by atoms with Crippen LogP contribution in [0.5, 0.6) is 0 Å². The zero-order valence-corrected chi connectivity index (χ0v) is 11.1. The van der Waals surface area contributed by atoms with Gasteiger partial charge in [0.15, 0.2) is 0 Å². The molecule has 0 aliphatic carbocycles. The number of ether oxygens (including phenoxy) is 1. The highest BCUT2D eigenvalue weighted by Gasteiger charge is 2.29. The number of hydrogen-bond acceptors (Lipinski definition) is 4. The molecular weight excluding hydrogens is 246 g/mol. The van der Waals surface area contributed by atoms with Crippen LogP contribution in [0.4, 0.5) is 0 Å². The lowest BCUT2D eigenvalue weighted by Crippen LogP contribution is -2.40. The zero-order valence-electron chi connectivity index (χ0n) is 9.57. The predicted octanol–water partition coefficient (Wildman–Crippen LogP) is 2.70. The lowest BCUT2D eigenvalue weighted by atomic mass is 10.1. The third-order valence-corrected chi connectivity index (χ3v) is 3.08. The van der Waals surface area contributed by atoms with Crippen molar-refractivity contribution in [3.63, 3.8) is 0 Å². The molecule has 3 nitrogen and oxygen atoms in total. The first-order valence-corrected chi connectivity index (χ1v) is 6.34. The summed E-state index contributed by atoms with van der Waals surface area (Å²) in [5.41, 5.74) is 6.07. The Labute approximate surface area is 105 Å². The number of hydrogen-bond donors (Lipinski definition) is 1. The topological polar surface area (TPSA) is 52.3 Å². The maximum atomic E-state index is 11.7. The van der Waals surface area contributed by atoms with Gasteiger partial charge in [-0.3, -0.25) is 4.79 Å². The molecule has 0 amide bonds. The molecule has 1 heterocycles. The number of halogens is 1. The Morgan fingerprint density at radius 1 is 1.56 bits per heavy atom. The van der Waals surface area contributed by atoms with E-state index in [1.165, 1.54) is 11.3 Å². The number of alkyl halides is 1. The summed E-state index contributed by atoms with van der Waals surface area (Å²) in [4.78, 5) is 11.7. The second-order valence-corrected chi connectivity index (χ2v) is 5.77. The summed E-state index contributed by atoms with van der Waals surface area (Å²) in [5, 5.41) is 3.23. The molecule has 1 rings (SSSR count). The summed E-state index contributed by atoms with van der Waals surface area (Å²) in [6, 6.07) is 1.02. The Morgan fingerprint density at radius 3 is 2.62 bits per heavy atom. The van der Waals surface area contributed by atoms with E-state index in [-0.39, 0.29) is 0 Å².